The highest BCUT2D eigenvalue weighted by molar-refractivity contribution is 7.98. The lowest BCUT2D eigenvalue weighted by Crippen LogP contribution is -2.44. The summed E-state index contributed by atoms with van der Waals surface area (Å²) in [6.07, 6.45) is 2.56. The van der Waals surface area contributed by atoms with Gasteiger partial charge in [-0.05, 0) is 49.6 Å². The minimum Gasteiger partial charge on any atom is -0.340 e. The zero-order valence-corrected chi connectivity index (χ0v) is 14.7. The maximum Gasteiger partial charge on any atom is 0.251 e. The van der Waals surface area contributed by atoms with Crippen molar-refractivity contribution >= 4 is 29.3 Å². The van der Waals surface area contributed by atoms with Gasteiger partial charge in [0.15, 0.2) is 0 Å². The van der Waals surface area contributed by atoms with Crippen LogP contribution in [0.5, 0.6) is 0 Å². The minimum absolute atomic E-state index is 0.198. The first kappa shape index (κ1) is 18.1. The van der Waals surface area contributed by atoms with Crippen molar-refractivity contribution in [2.24, 2.45) is 0 Å². The van der Waals surface area contributed by atoms with E-state index in [1.807, 2.05) is 61.7 Å². The smallest absolute Gasteiger partial charge is 0.251 e. The summed E-state index contributed by atoms with van der Waals surface area (Å²) in [5.74, 6) is 0.366. The highest BCUT2D eigenvalue weighted by Gasteiger charge is 2.21. The molecule has 2 aromatic carbocycles. The van der Waals surface area contributed by atoms with Crippen molar-refractivity contribution in [1.82, 2.24) is 5.32 Å². The van der Waals surface area contributed by atoms with E-state index >= 15 is 0 Å². The Morgan fingerprint density at radius 3 is 2.50 bits per heavy atom. The number of nitrogens with one attached hydrogen (secondary N) is 2. The summed E-state index contributed by atoms with van der Waals surface area (Å²) >= 11 is 1.65. The molecule has 0 aliphatic rings. The number of benzene rings is 2. The number of para-hydroxylation sites is 1. The molecule has 0 heterocycles. The first-order chi connectivity index (χ1) is 11.6. The fourth-order valence-corrected chi connectivity index (χ4v) is 2.75. The van der Waals surface area contributed by atoms with Crippen molar-refractivity contribution in [1.29, 1.82) is 0 Å². The lowest BCUT2D eigenvalue weighted by atomic mass is 10.1. The lowest BCUT2D eigenvalue weighted by molar-refractivity contribution is -0.118. The summed E-state index contributed by atoms with van der Waals surface area (Å²) in [5.41, 5.74) is 2.30. The van der Waals surface area contributed by atoms with Gasteiger partial charge < -0.3 is 10.6 Å². The van der Waals surface area contributed by atoms with Crippen LogP contribution in [0.3, 0.4) is 0 Å². The number of anilines is 1. The van der Waals surface area contributed by atoms with Crippen LogP contribution in [0.4, 0.5) is 5.69 Å². The van der Waals surface area contributed by atoms with Gasteiger partial charge in [-0.1, -0.05) is 35.9 Å². The Kier molecular flexibility index (Phi) is 6.88. The highest BCUT2D eigenvalue weighted by atomic mass is 32.2. The number of thioether (sulfide) groups is 1. The SMILES string of the molecule is CSCCC(NC(=O)c1cccc(C)c1)C(=O)Nc1ccccc1. The summed E-state index contributed by atoms with van der Waals surface area (Å²) in [6, 6.07) is 16.0. The lowest BCUT2D eigenvalue weighted by Gasteiger charge is -2.18. The second kappa shape index (κ2) is 9.13. The molecule has 4 nitrogen and oxygen atoms in total. The van der Waals surface area contributed by atoms with E-state index in [4.69, 9.17) is 0 Å². The van der Waals surface area contributed by atoms with Gasteiger partial charge in [0.1, 0.15) is 6.04 Å². The standard InChI is InChI=1S/C19H22N2O2S/c1-14-7-6-8-15(13-14)18(22)21-17(11-12-24-2)19(23)20-16-9-4-3-5-10-16/h3-10,13,17H,11-12H2,1-2H3,(H,20,23)(H,21,22). The molecule has 1 unspecified atom stereocenters. The molecule has 0 saturated carbocycles. The number of carbonyl (C=O) groups is 2. The average molecular weight is 342 g/mol. The molecule has 1 atom stereocenters. The van der Waals surface area contributed by atoms with Crippen molar-refractivity contribution in [2.45, 2.75) is 19.4 Å². The predicted molar refractivity (Wildman–Crippen MR) is 101 cm³/mol. The summed E-state index contributed by atoms with van der Waals surface area (Å²) in [7, 11) is 0. The van der Waals surface area contributed by atoms with Crippen LogP contribution in [0.1, 0.15) is 22.3 Å². The van der Waals surface area contributed by atoms with E-state index < -0.39 is 6.04 Å². The molecule has 24 heavy (non-hydrogen) atoms. The van der Waals surface area contributed by atoms with Gasteiger partial charge in [-0.2, -0.15) is 11.8 Å². The van der Waals surface area contributed by atoms with Gasteiger partial charge in [0, 0.05) is 11.3 Å². The van der Waals surface area contributed by atoms with Gasteiger partial charge in [0.05, 0.1) is 0 Å². The third kappa shape index (κ3) is 5.42. The molecular weight excluding hydrogens is 320 g/mol. The van der Waals surface area contributed by atoms with Crippen molar-refractivity contribution < 1.29 is 9.59 Å². The van der Waals surface area contributed by atoms with Crippen LogP contribution in [0.2, 0.25) is 0 Å². The van der Waals surface area contributed by atoms with Gasteiger partial charge in [0.2, 0.25) is 5.91 Å². The summed E-state index contributed by atoms with van der Waals surface area (Å²) in [5, 5.41) is 5.71. The first-order valence-electron chi connectivity index (χ1n) is 7.82. The van der Waals surface area contributed by atoms with Gasteiger partial charge in [-0.15, -0.1) is 0 Å². The predicted octanol–water partition coefficient (Wildman–Crippen LogP) is 3.49. The molecular formula is C19H22N2O2S. The Labute approximate surface area is 147 Å². The molecule has 5 heteroatoms. The van der Waals surface area contributed by atoms with Gasteiger partial charge in [0.25, 0.3) is 5.91 Å². The van der Waals surface area contributed by atoms with Crippen molar-refractivity contribution in [3.05, 3.63) is 65.7 Å². The minimum atomic E-state index is -0.564. The molecule has 2 amide bonds. The molecule has 0 fully saturated rings. The summed E-state index contributed by atoms with van der Waals surface area (Å²) < 4.78 is 0. The van der Waals surface area contributed by atoms with Crippen molar-refractivity contribution in [3.63, 3.8) is 0 Å². The number of amides is 2. The largest absolute Gasteiger partial charge is 0.340 e. The third-order valence-electron chi connectivity index (χ3n) is 3.55. The van der Waals surface area contributed by atoms with Crippen LogP contribution in [0.15, 0.2) is 54.6 Å². The van der Waals surface area contributed by atoms with E-state index in [2.05, 4.69) is 10.6 Å². The maximum absolute atomic E-state index is 12.5. The topological polar surface area (TPSA) is 58.2 Å². The van der Waals surface area contributed by atoms with Crippen LogP contribution >= 0.6 is 11.8 Å². The quantitative estimate of drug-likeness (QED) is 0.810. The number of carbonyl (C=O) groups excluding carboxylic acids is 2. The fourth-order valence-electron chi connectivity index (χ4n) is 2.28. The van der Waals surface area contributed by atoms with Gasteiger partial charge in [-0.25, -0.2) is 0 Å². The second-order valence-corrected chi connectivity index (χ2v) is 6.52. The second-order valence-electron chi connectivity index (χ2n) is 5.53. The summed E-state index contributed by atoms with van der Waals surface area (Å²) in [6.45, 7) is 1.93. The van der Waals surface area contributed by atoms with E-state index in [1.54, 1.807) is 17.8 Å². The Balaban J connectivity index is 2.06. The van der Waals surface area contributed by atoms with Crippen LogP contribution in [-0.2, 0) is 4.79 Å². The first-order valence-corrected chi connectivity index (χ1v) is 9.22. The fraction of sp³-hybridized carbons (Fsp3) is 0.263. The zero-order valence-electron chi connectivity index (χ0n) is 13.9. The van der Waals surface area contributed by atoms with Crippen LogP contribution in [0, 0.1) is 6.92 Å². The van der Waals surface area contributed by atoms with E-state index in [1.165, 1.54) is 0 Å². The molecule has 2 aromatic rings. The maximum atomic E-state index is 12.5. The van der Waals surface area contributed by atoms with Crippen LogP contribution in [-0.4, -0.2) is 29.9 Å². The van der Waals surface area contributed by atoms with Crippen LogP contribution < -0.4 is 10.6 Å². The Hall–Kier alpha value is -2.27. The van der Waals surface area contributed by atoms with Crippen molar-refractivity contribution in [3.8, 4) is 0 Å². The highest BCUT2D eigenvalue weighted by Crippen LogP contribution is 2.10. The molecule has 0 saturated heterocycles. The molecule has 2 N–H and O–H groups in total. The normalized spacial score (nSPS) is 11.6. The molecule has 126 valence electrons. The van der Waals surface area contributed by atoms with E-state index in [0.29, 0.717) is 12.0 Å². The van der Waals surface area contributed by atoms with Gasteiger partial charge >= 0.3 is 0 Å². The molecule has 0 bridgehead atoms. The third-order valence-corrected chi connectivity index (χ3v) is 4.20. The van der Waals surface area contributed by atoms with E-state index in [0.717, 1.165) is 17.0 Å². The molecule has 0 radical (unpaired) electrons. The monoisotopic (exact) mass is 342 g/mol. The number of rotatable bonds is 7. The Bertz CT molecular complexity index is 689. The number of hydrogen-bond acceptors (Lipinski definition) is 3. The number of aryl methyl sites for hydroxylation is 1. The average Bonchev–Trinajstić information content (AvgIpc) is 2.59. The van der Waals surface area contributed by atoms with E-state index in [-0.39, 0.29) is 11.8 Å². The van der Waals surface area contributed by atoms with E-state index in [9.17, 15) is 9.59 Å². The molecule has 0 aromatic heterocycles. The number of hydrogen-bond donors (Lipinski definition) is 2. The Morgan fingerprint density at radius 1 is 1.08 bits per heavy atom. The van der Waals surface area contributed by atoms with Crippen molar-refractivity contribution in [2.75, 3.05) is 17.3 Å². The molecule has 0 aliphatic carbocycles. The molecule has 2 rings (SSSR count). The summed E-state index contributed by atoms with van der Waals surface area (Å²) in [4.78, 5) is 24.9. The molecule has 0 spiro atoms. The molecule has 0 aliphatic heterocycles. The zero-order chi connectivity index (χ0) is 17.4. The Morgan fingerprint density at radius 2 is 1.83 bits per heavy atom. The van der Waals surface area contributed by atoms with Crippen LogP contribution in [0.25, 0.3) is 0 Å². The van der Waals surface area contributed by atoms with Gasteiger partial charge in [-0.3, -0.25) is 9.59 Å².